The van der Waals surface area contributed by atoms with Crippen molar-refractivity contribution in [3.8, 4) is 5.75 Å². The van der Waals surface area contributed by atoms with Crippen molar-refractivity contribution in [2.45, 2.75) is 6.92 Å². The predicted molar refractivity (Wildman–Crippen MR) is 63.5 cm³/mol. The largest absolute Gasteiger partial charge is 0.425 e. The summed E-state index contributed by atoms with van der Waals surface area (Å²) in [6.07, 6.45) is 0. The van der Waals surface area contributed by atoms with Crippen molar-refractivity contribution in [1.82, 2.24) is 0 Å². The van der Waals surface area contributed by atoms with Crippen molar-refractivity contribution in [3.05, 3.63) is 23.8 Å². The first-order valence-electron chi connectivity index (χ1n) is 3.04. The van der Waals surface area contributed by atoms with Crippen molar-refractivity contribution in [1.29, 1.82) is 0 Å². The first-order chi connectivity index (χ1) is 5.27. The Hall–Kier alpha value is 0.280. The lowest BCUT2D eigenvalue weighted by atomic mass is 10.2. The highest BCUT2D eigenvalue weighted by Crippen LogP contribution is 2.27. The van der Waals surface area contributed by atoms with Crippen LogP contribution in [0.3, 0.4) is 0 Å². The van der Waals surface area contributed by atoms with Crippen LogP contribution in [0.5, 0.6) is 5.75 Å². The van der Waals surface area contributed by atoms with Gasteiger partial charge in [-0.2, -0.15) is 0 Å². The van der Waals surface area contributed by atoms with Gasteiger partial charge in [0, 0.05) is 0 Å². The zero-order chi connectivity index (χ0) is 8.27. The highest BCUT2D eigenvalue weighted by Gasteiger charge is 2.00. The molecule has 1 N–H and O–H groups in total. The standard InChI is InChI=1S/C7H7I2NO/c1-5-2-3-7(11-9)6(4-5)10-8/h2-4,10H,1H3. The minimum absolute atomic E-state index is 0.866. The molecule has 1 aromatic carbocycles. The van der Waals surface area contributed by atoms with Crippen LogP contribution in [0, 0.1) is 6.92 Å². The molecular formula is C7H7I2NO. The third-order valence-corrected chi connectivity index (χ3v) is 2.38. The van der Waals surface area contributed by atoms with Gasteiger partial charge < -0.3 is 6.60 Å². The number of hydrogen-bond acceptors (Lipinski definition) is 2. The minimum atomic E-state index is 0.866. The molecule has 0 radical (unpaired) electrons. The number of hydrogen-bond donors (Lipinski definition) is 1. The van der Waals surface area contributed by atoms with E-state index in [4.69, 9.17) is 3.07 Å². The van der Waals surface area contributed by atoms with E-state index in [9.17, 15) is 0 Å². The van der Waals surface area contributed by atoms with Crippen LogP contribution in [0.1, 0.15) is 5.56 Å². The average molecular weight is 375 g/mol. The summed E-state index contributed by atoms with van der Waals surface area (Å²) in [5.41, 5.74) is 2.24. The van der Waals surface area contributed by atoms with E-state index in [1.165, 1.54) is 5.56 Å². The van der Waals surface area contributed by atoms with E-state index in [2.05, 4.69) is 33.3 Å². The fraction of sp³-hybridized carbons (Fsp3) is 0.143. The Balaban J connectivity index is 3.06. The quantitative estimate of drug-likeness (QED) is 0.632. The number of nitrogens with one attached hydrogen (secondary N) is 1. The Morgan fingerprint density at radius 3 is 2.73 bits per heavy atom. The van der Waals surface area contributed by atoms with E-state index in [-0.39, 0.29) is 0 Å². The Labute approximate surface area is 93.9 Å². The predicted octanol–water partition coefficient (Wildman–Crippen LogP) is 3.49. The number of aryl methyl sites for hydroxylation is 1. The lowest BCUT2D eigenvalue weighted by molar-refractivity contribution is 0.720. The van der Waals surface area contributed by atoms with Crippen LogP contribution >= 0.6 is 45.9 Å². The van der Waals surface area contributed by atoms with Gasteiger partial charge in [0.1, 0.15) is 0 Å². The zero-order valence-electron chi connectivity index (χ0n) is 5.90. The van der Waals surface area contributed by atoms with Crippen molar-refractivity contribution in [2.75, 3.05) is 3.53 Å². The van der Waals surface area contributed by atoms with Crippen LogP contribution in [-0.4, -0.2) is 0 Å². The second kappa shape index (κ2) is 4.34. The Morgan fingerprint density at radius 2 is 2.18 bits per heavy atom. The number of benzene rings is 1. The Kier molecular flexibility index (Phi) is 3.70. The molecule has 11 heavy (non-hydrogen) atoms. The third-order valence-electron chi connectivity index (χ3n) is 1.32. The van der Waals surface area contributed by atoms with Gasteiger partial charge in [0.15, 0.2) is 28.8 Å². The van der Waals surface area contributed by atoms with Crippen LogP contribution in [-0.2, 0) is 0 Å². The van der Waals surface area contributed by atoms with Crippen LogP contribution in [0.25, 0.3) is 0 Å². The molecule has 60 valence electrons. The van der Waals surface area contributed by atoms with Gasteiger partial charge in [-0.3, -0.25) is 0 Å². The van der Waals surface area contributed by atoms with E-state index < -0.39 is 0 Å². The van der Waals surface area contributed by atoms with E-state index in [1.54, 1.807) is 0 Å². The number of halogens is 2. The maximum Gasteiger partial charge on any atom is 0.192 e. The summed E-state index contributed by atoms with van der Waals surface area (Å²) in [6, 6.07) is 6.01. The van der Waals surface area contributed by atoms with Gasteiger partial charge in [0.25, 0.3) is 0 Å². The van der Waals surface area contributed by atoms with Crippen molar-refractivity contribution in [3.63, 3.8) is 0 Å². The topological polar surface area (TPSA) is 21.3 Å². The third kappa shape index (κ3) is 2.36. The summed E-state index contributed by atoms with van der Waals surface area (Å²) < 4.78 is 8.12. The van der Waals surface area contributed by atoms with Crippen LogP contribution in [0.2, 0.25) is 0 Å². The molecule has 4 heteroatoms. The van der Waals surface area contributed by atoms with Gasteiger partial charge in [0.2, 0.25) is 0 Å². The van der Waals surface area contributed by atoms with Gasteiger partial charge >= 0.3 is 0 Å². The molecule has 0 unspecified atom stereocenters. The molecule has 0 aliphatic rings. The molecule has 1 rings (SSSR count). The second-order valence-corrected chi connectivity index (χ2v) is 3.15. The SMILES string of the molecule is Cc1ccc(OI)c(NI)c1. The van der Waals surface area contributed by atoms with E-state index in [1.807, 2.05) is 41.2 Å². The molecule has 0 spiro atoms. The van der Waals surface area contributed by atoms with E-state index >= 15 is 0 Å². The molecule has 2 nitrogen and oxygen atoms in total. The molecule has 0 atom stereocenters. The van der Waals surface area contributed by atoms with Crippen molar-refractivity contribution < 1.29 is 3.07 Å². The molecule has 1 aromatic rings. The zero-order valence-corrected chi connectivity index (χ0v) is 10.2. The van der Waals surface area contributed by atoms with Crippen LogP contribution < -0.4 is 6.60 Å². The molecule has 0 aliphatic heterocycles. The Bertz CT molecular complexity index is 252. The minimum Gasteiger partial charge on any atom is -0.425 e. The number of anilines is 1. The Morgan fingerprint density at radius 1 is 1.45 bits per heavy atom. The van der Waals surface area contributed by atoms with Gasteiger partial charge in [-0.25, -0.2) is 0 Å². The van der Waals surface area contributed by atoms with Gasteiger partial charge in [0.05, 0.1) is 28.6 Å². The first kappa shape index (κ1) is 9.37. The monoisotopic (exact) mass is 375 g/mol. The van der Waals surface area contributed by atoms with E-state index in [0.29, 0.717) is 0 Å². The summed E-state index contributed by atoms with van der Waals surface area (Å²) >= 11 is 3.96. The molecule has 0 aromatic heterocycles. The molecular weight excluding hydrogens is 368 g/mol. The molecule has 0 heterocycles. The second-order valence-electron chi connectivity index (χ2n) is 2.17. The fourth-order valence-electron chi connectivity index (χ4n) is 0.785. The summed E-state index contributed by atoms with van der Waals surface area (Å²) in [6.45, 7) is 2.05. The van der Waals surface area contributed by atoms with Crippen molar-refractivity contribution in [2.24, 2.45) is 0 Å². The van der Waals surface area contributed by atoms with Gasteiger partial charge in [-0.1, -0.05) is 6.07 Å². The molecule has 0 bridgehead atoms. The molecule has 0 saturated carbocycles. The molecule has 0 aliphatic carbocycles. The molecule has 0 amide bonds. The first-order valence-corrected chi connectivity index (χ1v) is 4.99. The van der Waals surface area contributed by atoms with Gasteiger partial charge in [-0.05, 0) is 24.6 Å². The highest BCUT2D eigenvalue weighted by molar-refractivity contribution is 14.1. The lowest BCUT2D eigenvalue weighted by Crippen LogP contribution is -1.84. The summed E-state index contributed by atoms with van der Waals surface area (Å²) in [5, 5.41) is 0. The molecule has 0 fully saturated rings. The number of rotatable bonds is 2. The average Bonchev–Trinajstić information content (AvgIpc) is 2.04. The maximum atomic E-state index is 5.09. The lowest BCUT2D eigenvalue weighted by Gasteiger charge is -2.04. The smallest absolute Gasteiger partial charge is 0.192 e. The summed E-state index contributed by atoms with van der Waals surface area (Å²) in [7, 11) is 0. The summed E-state index contributed by atoms with van der Waals surface area (Å²) in [5.74, 6) is 0.866. The summed E-state index contributed by atoms with van der Waals surface area (Å²) in [4.78, 5) is 0. The highest BCUT2D eigenvalue weighted by atomic mass is 127. The normalized spacial score (nSPS) is 9.36. The molecule has 0 saturated heterocycles. The van der Waals surface area contributed by atoms with Gasteiger partial charge in [-0.15, -0.1) is 0 Å². The van der Waals surface area contributed by atoms with Crippen molar-refractivity contribution >= 4 is 51.6 Å². The van der Waals surface area contributed by atoms with Crippen LogP contribution in [0.4, 0.5) is 5.69 Å². The van der Waals surface area contributed by atoms with E-state index in [0.717, 1.165) is 11.4 Å². The maximum absolute atomic E-state index is 5.09. The van der Waals surface area contributed by atoms with Crippen LogP contribution in [0.15, 0.2) is 18.2 Å². The fourth-order valence-corrected chi connectivity index (χ4v) is 1.59.